The van der Waals surface area contributed by atoms with Crippen LogP contribution in [0.5, 0.6) is 5.75 Å². The van der Waals surface area contributed by atoms with Crippen LogP contribution in [0.15, 0.2) is 53.4 Å². The molecule has 2 aromatic rings. The van der Waals surface area contributed by atoms with E-state index in [1.807, 2.05) is 6.92 Å². The lowest BCUT2D eigenvalue weighted by molar-refractivity contribution is -0.150. The van der Waals surface area contributed by atoms with Gasteiger partial charge in [-0.05, 0) is 84.2 Å². The topological polar surface area (TPSA) is 184 Å². The Balaban J connectivity index is 1.58. The van der Waals surface area contributed by atoms with E-state index >= 15 is 0 Å². The quantitative estimate of drug-likeness (QED) is 0.251. The smallest absolute Gasteiger partial charge is 0.408 e. The molecule has 0 aromatic heterocycles. The zero-order chi connectivity index (χ0) is 33.6. The summed E-state index contributed by atoms with van der Waals surface area (Å²) in [5, 5.41) is 21.5. The minimum absolute atomic E-state index is 0.00196. The molecular formula is C31H41NO12S. The summed E-state index contributed by atoms with van der Waals surface area (Å²) in [7, 11) is -4.02. The molecular weight excluding hydrogens is 610 g/mol. The van der Waals surface area contributed by atoms with Gasteiger partial charge in [-0.2, -0.15) is 8.42 Å². The van der Waals surface area contributed by atoms with E-state index in [2.05, 4.69) is 5.32 Å². The van der Waals surface area contributed by atoms with Gasteiger partial charge in [0.1, 0.15) is 36.2 Å². The number of carbonyl (C=O) groups is 3. The standard InChI is InChI=1S/C31H41NO12S/c1-19-7-13-23(14-8-19)45(38,39)41-18-26-25(42-31(5,6)43-26)17-40-22-11-9-20(10-12-22)15-21(27(33)34)16-24(28(35)36)32-29(37)44-30(2,3)4/h7-14,21,24-26H,15-18H2,1-6H3,(H,32,37)(H,33,34)(H,35,36)/t21-,24+,25-,26-/m0/s1. The predicted molar refractivity (Wildman–Crippen MR) is 160 cm³/mol. The normalized spacial score (nSPS) is 19.3. The van der Waals surface area contributed by atoms with Gasteiger partial charge in [-0.15, -0.1) is 0 Å². The first-order valence-corrected chi connectivity index (χ1v) is 15.7. The molecule has 0 bridgehead atoms. The number of rotatable bonds is 14. The summed E-state index contributed by atoms with van der Waals surface area (Å²) in [6.45, 7) is 9.83. The van der Waals surface area contributed by atoms with Gasteiger partial charge in [-0.1, -0.05) is 29.8 Å². The third-order valence-electron chi connectivity index (χ3n) is 6.66. The van der Waals surface area contributed by atoms with Crippen molar-refractivity contribution in [3.8, 4) is 5.75 Å². The number of aliphatic carboxylic acids is 2. The van der Waals surface area contributed by atoms with Crippen LogP contribution in [0.25, 0.3) is 0 Å². The third-order valence-corrected chi connectivity index (χ3v) is 7.96. The third kappa shape index (κ3) is 11.3. The summed E-state index contributed by atoms with van der Waals surface area (Å²) < 4.78 is 53.3. The lowest BCUT2D eigenvalue weighted by Crippen LogP contribution is -2.45. The number of hydrogen-bond donors (Lipinski definition) is 3. The number of carbonyl (C=O) groups excluding carboxylic acids is 1. The number of alkyl carbamates (subject to hydrolysis) is 1. The molecule has 248 valence electrons. The van der Waals surface area contributed by atoms with Crippen molar-refractivity contribution in [1.29, 1.82) is 0 Å². The molecule has 2 aromatic carbocycles. The van der Waals surface area contributed by atoms with Crippen molar-refractivity contribution < 1.29 is 56.1 Å². The Morgan fingerprint density at radius 3 is 2.04 bits per heavy atom. The van der Waals surface area contributed by atoms with Gasteiger partial charge in [0, 0.05) is 0 Å². The van der Waals surface area contributed by atoms with Crippen LogP contribution in [0, 0.1) is 12.8 Å². The molecule has 4 atom stereocenters. The number of ether oxygens (including phenoxy) is 4. The Bertz CT molecular complexity index is 1430. The number of carboxylic acids is 2. The van der Waals surface area contributed by atoms with E-state index in [4.69, 9.17) is 23.1 Å². The van der Waals surface area contributed by atoms with E-state index in [0.29, 0.717) is 11.3 Å². The van der Waals surface area contributed by atoms with Crippen LogP contribution in [0.3, 0.4) is 0 Å². The monoisotopic (exact) mass is 651 g/mol. The molecule has 45 heavy (non-hydrogen) atoms. The van der Waals surface area contributed by atoms with E-state index in [-0.39, 0.29) is 31.0 Å². The first kappa shape index (κ1) is 35.8. The van der Waals surface area contributed by atoms with Crippen molar-refractivity contribution in [3.63, 3.8) is 0 Å². The molecule has 1 fully saturated rings. The van der Waals surface area contributed by atoms with E-state index in [1.165, 1.54) is 12.1 Å². The Hall–Kier alpha value is -3.72. The summed E-state index contributed by atoms with van der Waals surface area (Å²) in [5.41, 5.74) is 0.660. The first-order chi connectivity index (χ1) is 20.8. The van der Waals surface area contributed by atoms with Crippen LogP contribution in [0.4, 0.5) is 4.79 Å². The molecule has 3 N–H and O–H groups in total. The predicted octanol–water partition coefficient (Wildman–Crippen LogP) is 3.91. The van der Waals surface area contributed by atoms with Crippen molar-refractivity contribution in [2.75, 3.05) is 13.2 Å². The molecule has 1 amide bonds. The maximum Gasteiger partial charge on any atom is 0.408 e. The summed E-state index contributed by atoms with van der Waals surface area (Å²) in [6, 6.07) is 11.4. The molecule has 13 nitrogen and oxygen atoms in total. The van der Waals surface area contributed by atoms with Gasteiger partial charge in [-0.25, -0.2) is 9.59 Å². The van der Waals surface area contributed by atoms with Gasteiger partial charge in [0.05, 0.1) is 17.4 Å². The summed E-state index contributed by atoms with van der Waals surface area (Å²) in [5.74, 6) is -4.28. The highest BCUT2D eigenvalue weighted by atomic mass is 32.2. The van der Waals surface area contributed by atoms with Gasteiger partial charge in [0.25, 0.3) is 10.1 Å². The number of amides is 1. The minimum Gasteiger partial charge on any atom is -0.491 e. The molecule has 1 aliphatic rings. The van der Waals surface area contributed by atoms with Crippen molar-refractivity contribution in [2.45, 2.75) is 88.9 Å². The van der Waals surface area contributed by atoms with Crippen LogP contribution in [0.1, 0.15) is 52.2 Å². The SMILES string of the molecule is Cc1ccc(S(=O)(=O)OC[C@@H]2OC(C)(C)O[C@H]2COc2ccc(C[C@@H](C[C@@H](NC(=O)OC(C)(C)C)C(=O)O)C(=O)O)cc2)cc1. The summed E-state index contributed by atoms with van der Waals surface area (Å²) in [6.07, 6.45) is -2.72. The maximum absolute atomic E-state index is 12.6. The number of nitrogens with one attached hydrogen (secondary N) is 1. The summed E-state index contributed by atoms with van der Waals surface area (Å²) >= 11 is 0. The second kappa shape index (κ2) is 14.6. The van der Waals surface area contributed by atoms with Crippen molar-refractivity contribution >= 4 is 28.1 Å². The number of aryl methyl sites for hydroxylation is 1. The van der Waals surface area contributed by atoms with Gasteiger partial charge >= 0.3 is 18.0 Å². The number of hydrogen-bond acceptors (Lipinski definition) is 10. The highest BCUT2D eigenvalue weighted by molar-refractivity contribution is 7.86. The molecule has 1 saturated heterocycles. The van der Waals surface area contributed by atoms with E-state index in [1.54, 1.807) is 71.0 Å². The van der Waals surface area contributed by atoms with Gasteiger partial charge in [0.2, 0.25) is 0 Å². The highest BCUT2D eigenvalue weighted by Gasteiger charge is 2.42. The van der Waals surface area contributed by atoms with Gasteiger partial charge < -0.3 is 34.5 Å². The Morgan fingerprint density at radius 1 is 0.933 bits per heavy atom. The van der Waals surface area contributed by atoms with Crippen LogP contribution in [-0.4, -0.2) is 79.5 Å². The molecule has 3 rings (SSSR count). The van der Waals surface area contributed by atoms with Crippen molar-refractivity contribution in [1.82, 2.24) is 5.32 Å². The van der Waals surface area contributed by atoms with Crippen LogP contribution < -0.4 is 10.1 Å². The van der Waals surface area contributed by atoms with E-state index in [9.17, 15) is 33.0 Å². The lowest BCUT2D eigenvalue weighted by atomic mass is 9.92. The second-order valence-electron chi connectivity index (χ2n) is 12.2. The van der Waals surface area contributed by atoms with Crippen LogP contribution >= 0.6 is 0 Å². The molecule has 0 unspecified atom stereocenters. The zero-order valence-electron chi connectivity index (χ0n) is 26.1. The number of benzene rings is 2. The molecule has 1 heterocycles. The van der Waals surface area contributed by atoms with Crippen molar-refractivity contribution in [3.05, 3.63) is 59.7 Å². The molecule has 14 heteroatoms. The zero-order valence-corrected chi connectivity index (χ0v) is 27.0. The fourth-order valence-corrected chi connectivity index (χ4v) is 5.45. The first-order valence-electron chi connectivity index (χ1n) is 14.3. The Kier molecular flexibility index (Phi) is 11.6. The maximum atomic E-state index is 12.6. The molecule has 0 radical (unpaired) electrons. The average molecular weight is 652 g/mol. The van der Waals surface area contributed by atoms with Gasteiger partial charge in [0.15, 0.2) is 5.79 Å². The van der Waals surface area contributed by atoms with Crippen LogP contribution in [-0.2, 0) is 44.5 Å². The highest BCUT2D eigenvalue weighted by Crippen LogP contribution is 2.30. The van der Waals surface area contributed by atoms with Crippen LogP contribution in [0.2, 0.25) is 0 Å². The van der Waals surface area contributed by atoms with Gasteiger partial charge in [-0.3, -0.25) is 8.98 Å². The van der Waals surface area contributed by atoms with Crippen molar-refractivity contribution in [2.24, 2.45) is 5.92 Å². The average Bonchev–Trinajstić information content (AvgIpc) is 3.23. The lowest BCUT2D eigenvalue weighted by Gasteiger charge is -2.23. The molecule has 1 aliphatic heterocycles. The number of carboxylic acid groups (broad SMARTS) is 2. The summed E-state index contributed by atoms with van der Waals surface area (Å²) in [4.78, 5) is 35.8. The minimum atomic E-state index is -4.02. The molecule has 0 spiro atoms. The fraction of sp³-hybridized carbons (Fsp3) is 0.516. The molecule has 0 saturated carbocycles. The van der Waals surface area contributed by atoms with E-state index < -0.39 is 63.7 Å². The Morgan fingerprint density at radius 2 is 1.51 bits per heavy atom. The molecule has 0 aliphatic carbocycles. The second-order valence-corrected chi connectivity index (χ2v) is 13.8. The largest absolute Gasteiger partial charge is 0.491 e. The Labute approximate surface area is 262 Å². The van der Waals surface area contributed by atoms with E-state index in [0.717, 1.165) is 5.56 Å². The fourth-order valence-electron chi connectivity index (χ4n) is 4.53.